The minimum absolute atomic E-state index is 0.286. The van der Waals surface area contributed by atoms with E-state index in [1.54, 1.807) is 0 Å². The molecule has 0 aliphatic carbocycles. The van der Waals surface area contributed by atoms with E-state index in [9.17, 15) is 24.3 Å². The van der Waals surface area contributed by atoms with E-state index in [0.29, 0.717) is 25.1 Å². The van der Waals surface area contributed by atoms with Crippen LogP contribution in [-0.4, -0.2) is 82.7 Å². The van der Waals surface area contributed by atoms with Gasteiger partial charge >= 0.3 is 5.97 Å². The molecule has 0 aliphatic heterocycles. The van der Waals surface area contributed by atoms with Gasteiger partial charge in [-0.2, -0.15) is 11.8 Å². The van der Waals surface area contributed by atoms with Crippen LogP contribution >= 0.6 is 11.8 Å². The standard InChI is InChI=1S/C18H35N5O6S/c1-10(18(28)29)21-17(27)14(11(2)24)23-16(26)13(7-9-30-3)22-15(25)12(20)6-4-5-8-19/h10-14,24H,4-9,19-20H2,1-3H3,(H,21,27)(H,22,25)(H,23,26)(H,28,29). The van der Waals surface area contributed by atoms with Crippen LogP contribution in [0.3, 0.4) is 0 Å². The quantitative estimate of drug-likeness (QED) is 0.140. The summed E-state index contributed by atoms with van der Waals surface area (Å²) in [4.78, 5) is 48.2. The largest absolute Gasteiger partial charge is 0.480 e. The van der Waals surface area contributed by atoms with Crippen molar-refractivity contribution in [2.45, 2.75) is 69.8 Å². The van der Waals surface area contributed by atoms with Crippen LogP contribution < -0.4 is 27.4 Å². The molecule has 9 N–H and O–H groups in total. The van der Waals surface area contributed by atoms with E-state index in [0.717, 1.165) is 6.42 Å². The van der Waals surface area contributed by atoms with Gasteiger partial charge in [0, 0.05) is 0 Å². The number of aliphatic hydroxyl groups is 1. The maximum absolute atomic E-state index is 12.7. The molecule has 0 saturated carbocycles. The normalized spacial score (nSPS) is 15.9. The number of thioether (sulfide) groups is 1. The highest BCUT2D eigenvalue weighted by molar-refractivity contribution is 7.98. The number of carboxylic acid groups (broad SMARTS) is 1. The molecule has 3 amide bonds. The third kappa shape index (κ3) is 10.8. The number of nitrogens with one attached hydrogen (secondary N) is 3. The van der Waals surface area contributed by atoms with Crippen molar-refractivity contribution in [1.29, 1.82) is 0 Å². The average molecular weight is 450 g/mol. The van der Waals surface area contributed by atoms with Crippen LogP contribution in [0.25, 0.3) is 0 Å². The Morgan fingerprint density at radius 1 is 0.967 bits per heavy atom. The van der Waals surface area contributed by atoms with Gasteiger partial charge in [-0.15, -0.1) is 0 Å². The van der Waals surface area contributed by atoms with E-state index in [4.69, 9.17) is 16.6 Å². The van der Waals surface area contributed by atoms with E-state index >= 15 is 0 Å². The lowest BCUT2D eigenvalue weighted by atomic mass is 10.1. The zero-order valence-electron chi connectivity index (χ0n) is 17.7. The topological polar surface area (TPSA) is 197 Å². The molecule has 0 aromatic carbocycles. The Hall–Kier alpha value is -1.89. The SMILES string of the molecule is CSCCC(NC(=O)C(N)CCCCN)C(=O)NC(C(=O)NC(C)C(=O)O)C(C)O. The van der Waals surface area contributed by atoms with Crippen LogP contribution in [0.5, 0.6) is 0 Å². The maximum Gasteiger partial charge on any atom is 0.325 e. The third-order valence-electron chi connectivity index (χ3n) is 4.34. The molecule has 0 spiro atoms. The number of nitrogens with two attached hydrogens (primary N) is 2. The van der Waals surface area contributed by atoms with Gasteiger partial charge in [-0.25, -0.2) is 0 Å². The summed E-state index contributed by atoms with van der Waals surface area (Å²) in [5.74, 6) is -2.71. The van der Waals surface area contributed by atoms with Gasteiger partial charge in [0.2, 0.25) is 17.7 Å². The summed E-state index contributed by atoms with van der Waals surface area (Å²) in [5, 5.41) is 26.0. The van der Waals surface area contributed by atoms with Gasteiger partial charge in [0.05, 0.1) is 12.1 Å². The Morgan fingerprint density at radius 3 is 2.10 bits per heavy atom. The van der Waals surface area contributed by atoms with Crippen LogP contribution in [-0.2, 0) is 19.2 Å². The first-order chi connectivity index (χ1) is 14.0. The molecule has 0 aromatic rings. The molecule has 0 fully saturated rings. The molecule has 12 heteroatoms. The lowest BCUT2D eigenvalue weighted by Crippen LogP contribution is -2.59. The number of rotatable bonds is 15. The predicted molar refractivity (Wildman–Crippen MR) is 115 cm³/mol. The van der Waals surface area contributed by atoms with Crippen LogP contribution in [0, 0.1) is 0 Å². The molecule has 30 heavy (non-hydrogen) atoms. The second-order valence-corrected chi connectivity index (χ2v) is 8.01. The summed E-state index contributed by atoms with van der Waals surface area (Å²) in [5.41, 5.74) is 11.3. The number of carbonyl (C=O) groups excluding carboxylic acids is 3. The van der Waals surface area contributed by atoms with Gasteiger partial charge in [0.1, 0.15) is 18.1 Å². The van der Waals surface area contributed by atoms with E-state index in [2.05, 4.69) is 16.0 Å². The Bertz CT molecular complexity index is 577. The number of aliphatic hydroxyl groups excluding tert-OH is 1. The summed E-state index contributed by atoms with van der Waals surface area (Å²) in [7, 11) is 0. The van der Waals surface area contributed by atoms with E-state index in [-0.39, 0.29) is 6.42 Å². The van der Waals surface area contributed by atoms with Crippen LogP contribution in [0.1, 0.15) is 39.5 Å². The Morgan fingerprint density at radius 2 is 1.60 bits per heavy atom. The van der Waals surface area contributed by atoms with Gasteiger partial charge in [0.25, 0.3) is 0 Å². The molecule has 5 unspecified atom stereocenters. The number of hydrogen-bond acceptors (Lipinski definition) is 8. The number of amides is 3. The first-order valence-corrected chi connectivity index (χ1v) is 11.2. The Labute approximate surface area is 181 Å². The highest BCUT2D eigenvalue weighted by Crippen LogP contribution is 2.05. The van der Waals surface area contributed by atoms with Gasteiger partial charge in [-0.05, 0) is 51.7 Å². The van der Waals surface area contributed by atoms with Crippen LogP contribution in [0.2, 0.25) is 0 Å². The average Bonchev–Trinajstić information content (AvgIpc) is 2.68. The smallest absolute Gasteiger partial charge is 0.325 e. The van der Waals surface area contributed by atoms with Crippen LogP contribution in [0.15, 0.2) is 0 Å². The molecule has 0 radical (unpaired) electrons. The van der Waals surface area contributed by atoms with Crippen molar-refractivity contribution in [3.8, 4) is 0 Å². The molecule has 11 nitrogen and oxygen atoms in total. The van der Waals surface area contributed by atoms with Gasteiger partial charge in [-0.1, -0.05) is 6.42 Å². The molecular formula is C18H35N5O6S. The molecule has 174 valence electrons. The highest BCUT2D eigenvalue weighted by Gasteiger charge is 2.31. The number of unbranched alkanes of at least 4 members (excludes halogenated alkanes) is 1. The van der Waals surface area contributed by atoms with Crippen molar-refractivity contribution in [2.24, 2.45) is 11.5 Å². The Kier molecular flexibility index (Phi) is 14.0. The number of aliphatic carboxylic acids is 1. The lowest BCUT2D eigenvalue weighted by Gasteiger charge is -2.26. The zero-order valence-corrected chi connectivity index (χ0v) is 18.5. The monoisotopic (exact) mass is 449 g/mol. The predicted octanol–water partition coefficient (Wildman–Crippen LogP) is -1.86. The lowest BCUT2D eigenvalue weighted by molar-refractivity contribution is -0.142. The fourth-order valence-corrected chi connectivity index (χ4v) is 2.92. The molecule has 5 atom stereocenters. The van der Waals surface area contributed by atoms with Gasteiger partial charge < -0.3 is 37.6 Å². The first kappa shape index (κ1) is 28.1. The van der Waals surface area contributed by atoms with Crippen LogP contribution in [0.4, 0.5) is 0 Å². The van der Waals surface area contributed by atoms with Crippen molar-refractivity contribution in [1.82, 2.24) is 16.0 Å². The highest BCUT2D eigenvalue weighted by atomic mass is 32.2. The Balaban J connectivity index is 5.13. The number of carboxylic acids is 1. The van der Waals surface area contributed by atoms with E-state index in [1.807, 2.05) is 6.26 Å². The van der Waals surface area contributed by atoms with Crippen molar-refractivity contribution >= 4 is 35.5 Å². The fourth-order valence-electron chi connectivity index (χ4n) is 2.45. The molecule has 0 saturated heterocycles. The summed E-state index contributed by atoms with van der Waals surface area (Å²) in [6, 6.07) is -4.34. The number of carbonyl (C=O) groups is 4. The van der Waals surface area contributed by atoms with Crippen molar-refractivity contribution in [2.75, 3.05) is 18.6 Å². The molecule has 0 aromatic heterocycles. The van der Waals surface area contributed by atoms with E-state index in [1.165, 1.54) is 25.6 Å². The van der Waals surface area contributed by atoms with Crippen molar-refractivity contribution in [3.05, 3.63) is 0 Å². The summed E-state index contributed by atoms with van der Waals surface area (Å²) in [6.07, 6.45) is 2.68. The second-order valence-electron chi connectivity index (χ2n) is 7.03. The van der Waals surface area contributed by atoms with E-state index < -0.39 is 54.0 Å². The minimum atomic E-state index is -1.38. The maximum atomic E-state index is 12.7. The van der Waals surface area contributed by atoms with Crippen molar-refractivity contribution < 1.29 is 29.4 Å². The summed E-state index contributed by atoms with van der Waals surface area (Å²) in [6.45, 7) is 3.05. The summed E-state index contributed by atoms with van der Waals surface area (Å²) < 4.78 is 0. The minimum Gasteiger partial charge on any atom is -0.480 e. The number of hydrogen-bond donors (Lipinski definition) is 7. The second kappa shape index (κ2) is 15.0. The van der Waals surface area contributed by atoms with Gasteiger partial charge in [0.15, 0.2) is 0 Å². The molecular weight excluding hydrogens is 414 g/mol. The summed E-state index contributed by atoms with van der Waals surface area (Å²) >= 11 is 1.47. The fraction of sp³-hybridized carbons (Fsp3) is 0.778. The third-order valence-corrected chi connectivity index (χ3v) is 4.99. The molecule has 0 heterocycles. The van der Waals surface area contributed by atoms with Gasteiger partial charge in [-0.3, -0.25) is 19.2 Å². The van der Waals surface area contributed by atoms with Crippen molar-refractivity contribution in [3.63, 3.8) is 0 Å². The molecule has 0 bridgehead atoms. The first-order valence-electron chi connectivity index (χ1n) is 9.81. The zero-order chi connectivity index (χ0) is 23.3. The molecule has 0 aliphatic rings. The molecule has 0 rings (SSSR count).